The van der Waals surface area contributed by atoms with Crippen molar-refractivity contribution in [1.29, 1.82) is 0 Å². The van der Waals surface area contributed by atoms with Gasteiger partial charge >= 0.3 is 0 Å². The Bertz CT molecular complexity index is 338. The van der Waals surface area contributed by atoms with E-state index in [0.29, 0.717) is 24.6 Å². The minimum atomic E-state index is 0.0360. The number of hydrogen-bond donors (Lipinski definition) is 2. The summed E-state index contributed by atoms with van der Waals surface area (Å²) in [5.41, 5.74) is 0. The summed E-state index contributed by atoms with van der Waals surface area (Å²) in [6, 6.07) is 0. The molecule has 8 heteroatoms. The molecule has 23 heavy (non-hydrogen) atoms. The lowest BCUT2D eigenvalue weighted by Gasteiger charge is -2.11. The van der Waals surface area contributed by atoms with Crippen LogP contribution < -0.4 is 10.6 Å². The summed E-state index contributed by atoms with van der Waals surface area (Å²) in [6.07, 6.45) is 4.60. The van der Waals surface area contributed by atoms with Crippen LogP contribution in [0.2, 0.25) is 0 Å². The summed E-state index contributed by atoms with van der Waals surface area (Å²) in [5.74, 6) is 0.928. The molecule has 2 rings (SSSR count). The average molecular weight is 363 g/mol. The second kappa shape index (κ2) is 11.2. The van der Waals surface area contributed by atoms with Crippen molar-refractivity contribution in [2.75, 3.05) is 42.9 Å². The molecular weight excluding hydrogens is 336 g/mol. The van der Waals surface area contributed by atoms with Crippen LogP contribution in [0.15, 0.2) is 0 Å². The number of carbonyl (C=O) groups is 2. The van der Waals surface area contributed by atoms with Crippen LogP contribution in [-0.4, -0.2) is 66.9 Å². The molecule has 0 aliphatic carbocycles. The van der Waals surface area contributed by atoms with E-state index in [9.17, 15) is 9.59 Å². The molecule has 2 N–H and O–H groups in total. The van der Waals surface area contributed by atoms with E-state index >= 15 is 0 Å². The van der Waals surface area contributed by atoms with E-state index in [1.807, 2.05) is 0 Å². The van der Waals surface area contributed by atoms with Gasteiger partial charge in [-0.05, 0) is 25.7 Å². The van der Waals surface area contributed by atoms with Gasteiger partial charge in [0.1, 0.15) is 0 Å². The highest BCUT2D eigenvalue weighted by Gasteiger charge is 2.17. The number of carbonyl (C=O) groups excluding carboxylic acids is 2. The van der Waals surface area contributed by atoms with Crippen LogP contribution in [0.1, 0.15) is 25.7 Å². The number of rotatable bonds is 10. The Morgan fingerprint density at radius 3 is 1.74 bits per heavy atom. The molecule has 0 spiro atoms. The molecule has 6 nitrogen and oxygen atoms in total. The van der Waals surface area contributed by atoms with Crippen LogP contribution in [-0.2, 0) is 19.1 Å². The van der Waals surface area contributed by atoms with Crippen LogP contribution in [0.25, 0.3) is 0 Å². The Kier molecular flexibility index (Phi) is 9.18. The van der Waals surface area contributed by atoms with Crippen LogP contribution in [0.5, 0.6) is 0 Å². The van der Waals surface area contributed by atoms with Gasteiger partial charge in [0.2, 0.25) is 11.8 Å². The normalized spacial score (nSPS) is 23.8. The molecule has 0 aromatic heterocycles. The lowest BCUT2D eigenvalue weighted by Crippen LogP contribution is -2.33. The summed E-state index contributed by atoms with van der Waals surface area (Å²) in [5, 5.41) is 6.51. The van der Waals surface area contributed by atoms with Crippen LogP contribution >= 0.6 is 23.5 Å². The highest BCUT2D eigenvalue weighted by Crippen LogP contribution is 2.13. The number of nitrogens with one attached hydrogen (secondary N) is 2. The van der Waals surface area contributed by atoms with Gasteiger partial charge in [-0.2, -0.15) is 0 Å². The SMILES string of the molecule is O=C(CSCSCC(=O)NC[C@@H]1CCCO1)NC[C@H]1CCCO1. The van der Waals surface area contributed by atoms with E-state index in [4.69, 9.17) is 9.47 Å². The maximum atomic E-state index is 11.7. The monoisotopic (exact) mass is 362 g/mol. The van der Waals surface area contributed by atoms with Crippen molar-refractivity contribution < 1.29 is 19.1 Å². The van der Waals surface area contributed by atoms with E-state index in [2.05, 4.69) is 10.6 Å². The molecule has 0 bridgehead atoms. The number of amides is 2. The highest BCUT2D eigenvalue weighted by molar-refractivity contribution is 8.16. The van der Waals surface area contributed by atoms with E-state index < -0.39 is 0 Å². The first-order chi connectivity index (χ1) is 11.2. The van der Waals surface area contributed by atoms with Crippen molar-refractivity contribution >= 4 is 35.3 Å². The van der Waals surface area contributed by atoms with Crippen molar-refractivity contribution in [3.8, 4) is 0 Å². The lowest BCUT2D eigenvalue weighted by atomic mass is 10.2. The van der Waals surface area contributed by atoms with Crippen molar-refractivity contribution in [2.45, 2.75) is 37.9 Å². The van der Waals surface area contributed by atoms with E-state index in [1.165, 1.54) is 23.5 Å². The fourth-order valence-corrected chi connectivity index (χ4v) is 4.21. The van der Waals surface area contributed by atoms with Gasteiger partial charge in [0.25, 0.3) is 0 Å². The highest BCUT2D eigenvalue weighted by atomic mass is 32.2. The van der Waals surface area contributed by atoms with Crippen molar-refractivity contribution in [3.05, 3.63) is 0 Å². The average Bonchev–Trinajstić information content (AvgIpc) is 3.24. The zero-order valence-corrected chi connectivity index (χ0v) is 15.0. The predicted octanol–water partition coefficient (Wildman–Crippen LogP) is 1.00. The molecule has 2 heterocycles. The first kappa shape index (κ1) is 18.9. The molecule has 2 aliphatic rings. The second-order valence-electron chi connectivity index (χ2n) is 5.69. The Labute approximate surface area is 146 Å². The van der Waals surface area contributed by atoms with E-state index in [1.54, 1.807) is 0 Å². The molecular formula is C15H26N2O4S2. The van der Waals surface area contributed by atoms with Gasteiger partial charge in [0, 0.05) is 31.4 Å². The van der Waals surface area contributed by atoms with E-state index in [0.717, 1.165) is 44.0 Å². The van der Waals surface area contributed by atoms with Crippen LogP contribution in [0, 0.1) is 0 Å². The minimum absolute atomic E-state index is 0.0360. The molecule has 0 radical (unpaired) electrons. The Hall–Kier alpha value is -0.440. The summed E-state index contributed by atoms with van der Waals surface area (Å²) in [4.78, 5) is 23.3. The third-order valence-corrected chi connectivity index (χ3v) is 6.00. The second-order valence-corrected chi connectivity index (χ2v) is 8.03. The van der Waals surface area contributed by atoms with Crippen molar-refractivity contribution in [3.63, 3.8) is 0 Å². The van der Waals surface area contributed by atoms with E-state index in [-0.39, 0.29) is 24.0 Å². The first-order valence-electron chi connectivity index (χ1n) is 8.16. The molecule has 2 amide bonds. The Morgan fingerprint density at radius 1 is 0.870 bits per heavy atom. The lowest BCUT2D eigenvalue weighted by molar-refractivity contribution is -0.119. The zero-order valence-electron chi connectivity index (χ0n) is 13.4. The van der Waals surface area contributed by atoms with Gasteiger partial charge in [-0.1, -0.05) is 0 Å². The summed E-state index contributed by atoms with van der Waals surface area (Å²) in [6.45, 7) is 2.83. The van der Waals surface area contributed by atoms with Gasteiger partial charge in [0.15, 0.2) is 0 Å². The molecule has 0 aromatic carbocycles. The van der Waals surface area contributed by atoms with Gasteiger partial charge in [0.05, 0.1) is 23.7 Å². The molecule has 2 aliphatic heterocycles. The molecule has 0 unspecified atom stereocenters. The first-order valence-corrected chi connectivity index (χ1v) is 10.5. The van der Waals surface area contributed by atoms with Crippen LogP contribution in [0.3, 0.4) is 0 Å². The smallest absolute Gasteiger partial charge is 0.230 e. The van der Waals surface area contributed by atoms with Gasteiger partial charge in [-0.3, -0.25) is 9.59 Å². The van der Waals surface area contributed by atoms with Gasteiger partial charge < -0.3 is 20.1 Å². The number of thioether (sulfide) groups is 2. The third kappa shape index (κ3) is 8.28. The largest absolute Gasteiger partial charge is 0.376 e. The number of ether oxygens (including phenoxy) is 2. The fourth-order valence-electron chi connectivity index (χ4n) is 2.50. The maximum absolute atomic E-state index is 11.7. The minimum Gasteiger partial charge on any atom is -0.376 e. The van der Waals surface area contributed by atoms with Crippen LogP contribution in [0.4, 0.5) is 0 Å². The molecule has 0 aromatic rings. The molecule has 2 fully saturated rings. The Morgan fingerprint density at radius 2 is 1.35 bits per heavy atom. The summed E-state index contributed by atoms with van der Waals surface area (Å²) in [7, 11) is 0. The van der Waals surface area contributed by atoms with Crippen molar-refractivity contribution in [2.24, 2.45) is 0 Å². The quantitative estimate of drug-likeness (QED) is 0.446. The zero-order chi connectivity index (χ0) is 16.3. The molecule has 2 saturated heterocycles. The molecule has 2 atom stereocenters. The maximum Gasteiger partial charge on any atom is 0.230 e. The topological polar surface area (TPSA) is 76.7 Å². The molecule has 132 valence electrons. The van der Waals surface area contributed by atoms with Crippen molar-refractivity contribution in [1.82, 2.24) is 10.6 Å². The predicted molar refractivity (Wildman–Crippen MR) is 93.8 cm³/mol. The van der Waals surface area contributed by atoms with Gasteiger partial charge in [-0.25, -0.2) is 0 Å². The third-order valence-electron chi connectivity index (χ3n) is 3.73. The van der Waals surface area contributed by atoms with Gasteiger partial charge in [-0.15, -0.1) is 23.5 Å². The summed E-state index contributed by atoms with van der Waals surface area (Å²) < 4.78 is 10.9. The number of hydrogen-bond acceptors (Lipinski definition) is 6. The fraction of sp³-hybridized carbons (Fsp3) is 0.867. The molecule has 0 saturated carbocycles. The standard InChI is InChI=1S/C15H26N2O4S2/c18-14(16-7-12-3-1-5-20-12)9-22-11-23-10-15(19)17-8-13-4-2-6-21-13/h12-13H,1-11H2,(H,16,18)(H,17,19)/t12-,13+. The Balaban J connectivity index is 1.39. The summed E-state index contributed by atoms with van der Waals surface area (Å²) >= 11 is 3.07.